The molecule has 1 aromatic carbocycles. The molecule has 8 heteroatoms. The highest BCUT2D eigenvalue weighted by molar-refractivity contribution is 5.77. The number of pyridine rings is 1. The van der Waals surface area contributed by atoms with Crippen molar-refractivity contribution in [1.29, 1.82) is 0 Å². The van der Waals surface area contributed by atoms with Crippen molar-refractivity contribution in [3.05, 3.63) is 58.5 Å². The Morgan fingerprint density at radius 3 is 2.82 bits per heavy atom. The summed E-state index contributed by atoms with van der Waals surface area (Å²) in [6.45, 7) is 2.69. The van der Waals surface area contributed by atoms with Crippen molar-refractivity contribution in [2.24, 2.45) is 0 Å². The van der Waals surface area contributed by atoms with Crippen LogP contribution in [0.4, 0.5) is 5.82 Å². The number of amides is 1. The van der Waals surface area contributed by atoms with Gasteiger partial charge in [-0.2, -0.15) is 0 Å². The quantitative estimate of drug-likeness (QED) is 0.699. The summed E-state index contributed by atoms with van der Waals surface area (Å²) in [6.07, 6.45) is 4.33. The Kier molecular flexibility index (Phi) is 5.27. The van der Waals surface area contributed by atoms with E-state index in [9.17, 15) is 9.59 Å². The molecule has 2 aromatic heterocycles. The number of aromatic nitrogens is 4. The number of aryl methyl sites for hydroxylation is 1. The van der Waals surface area contributed by atoms with Crippen LogP contribution in [0.5, 0.6) is 0 Å². The van der Waals surface area contributed by atoms with Gasteiger partial charge in [-0.3, -0.25) is 9.59 Å². The Balaban J connectivity index is 1.33. The number of fused-ring (bicyclic) bond motifs is 1. The molecule has 4 rings (SSSR count). The molecule has 8 nitrogen and oxygen atoms in total. The van der Waals surface area contributed by atoms with Crippen LogP contribution in [-0.4, -0.2) is 39.0 Å². The lowest BCUT2D eigenvalue weighted by atomic mass is 10.2. The number of benzene rings is 1. The largest absolute Gasteiger partial charge is 0.357 e. The summed E-state index contributed by atoms with van der Waals surface area (Å²) in [5.41, 5.74) is 1.33. The van der Waals surface area contributed by atoms with E-state index in [-0.39, 0.29) is 24.4 Å². The molecule has 1 N–H and O–H groups in total. The molecule has 0 atom stereocenters. The lowest BCUT2D eigenvalue weighted by Gasteiger charge is -2.17. The van der Waals surface area contributed by atoms with E-state index in [1.165, 1.54) is 17.5 Å². The fraction of sp³-hybridized carbons (Fsp3) is 0.350. The molecular weight excluding hydrogens is 356 g/mol. The van der Waals surface area contributed by atoms with Crippen LogP contribution >= 0.6 is 0 Å². The van der Waals surface area contributed by atoms with Crippen molar-refractivity contribution in [2.45, 2.75) is 32.4 Å². The highest BCUT2D eigenvalue weighted by atomic mass is 16.2. The highest BCUT2D eigenvalue weighted by Gasteiger charge is 2.14. The summed E-state index contributed by atoms with van der Waals surface area (Å²) in [6, 6.07) is 11.0. The molecule has 1 aliphatic heterocycles. The first-order valence-corrected chi connectivity index (χ1v) is 9.50. The fourth-order valence-corrected chi connectivity index (χ4v) is 3.36. The van der Waals surface area contributed by atoms with E-state index in [0.29, 0.717) is 17.4 Å². The van der Waals surface area contributed by atoms with Gasteiger partial charge in [0.1, 0.15) is 11.3 Å². The van der Waals surface area contributed by atoms with Gasteiger partial charge in [0.25, 0.3) is 5.56 Å². The van der Waals surface area contributed by atoms with E-state index in [1.807, 2.05) is 18.2 Å². The molecular formula is C20H22N6O2. The van der Waals surface area contributed by atoms with Crippen LogP contribution in [0.2, 0.25) is 0 Å². The van der Waals surface area contributed by atoms with E-state index < -0.39 is 0 Å². The molecule has 0 spiro atoms. The van der Waals surface area contributed by atoms with Gasteiger partial charge in [0.15, 0.2) is 0 Å². The lowest BCUT2D eigenvalue weighted by Crippen LogP contribution is -2.29. The monoisotopic (exact) mass is 378 g/mol. The number of anilines is 1. The molecule has 0 bridgehead atoms. The minimum atomic E-state index is -0.234. The first kappa shape index (κ1) is 18.1. The number of nitrogens with zero attached hydrogens (tertiary/aromatic N) is 5. The van der Waals surface area contributed by atoms with Crippen LogP contribution in [0.3, 0.4) is 0 Å². The second-order valence-corrected chi connectivity index (χ2v) is 6.88. The van der Waals surface area contributed by atoms with Crippen molar-refractivity contribution in [2.75, 3.05) is 18.0 Å². The molecule has 1 saturated heterocycles. The third-order valence-corrected chi connectivity index (χ3v) is 4.91. The third kappa shape index (κ3) is 4.00. The molecule has 0 aliphatic carbocycles. The molecule has 3 heterocycles. The third-order valence-electron chi connectivity index (χ3n) is 4.91. The van der Waals surface area contributed by atoms with Gasteiger partial charge in [-0.25, -0.2) is 9.67 Å². The summed E-state index contributed by atoms with van der Waals surface area (Å²) in [5, 5.41) is 11.3. The summed E-state index contributed by atoms with van der Waals surface area (Å²) >= 11 is 0. The molecule has 3 aromatic rings. The van der Waals surface area contributed by atoms with Crippen LogP contribution in [0, 0.1) is 0 Å². The number of rotatable bonds is 6. The van der Waals surface area contributed by atoms with Gasteiger partial charge in [0, 0.05) is 32.3 Å². The average Bonchev–Trinajstić information content (AvgIpc) is 3.27. The van der Waals surface area contributed by atoms with Crippen LogP contribution < -0.4 is 15.8 Å². The Bertz CT molecular complexity index is 1040. The zero-order chi connectivity index (χ0) is 19.3. The van der Waals surface area contributed by atoms with Gasteiger partial charge in [0.2, 0.25) is 5.91 Å². The number of hydrogen-bond donors (Lipinski definition) is 1. The molecule has 1 amide bonds. The van der Waals surface area contributed by atoms with Gasteiger partial charge < -0.3 is 10.2 Å². The van der Waals surface area contributed by atoms with E-state index in [0.717, 1.165) is 24.5 Å². The van der Waals surface area contributed by atoms with Crippen molar-refractivity contribution in [3.8, 4) is 0 Å². The minimum Gasteiger partial charge on any atom is -0.357 e. The van der Waals surface area contributed by atoms with Crippen LogP contribution in [0.15, 0.2) is 47.4 Å². The molecule has 0 unspecified atom stereocenters. The lowest BCUT2D eigenvalue weighted by molar-refractivity contribution is -0.121. The zero-order valence-corrected chi connectivity index (χ0v) is 15.5. The Morgan fingerprint density at radius 2 is 1.96 bits per heavy atom. The Hall–Kier alpha value is -3.29. The molecule has 1 aliphatic rings. The number of carbonyl (C=O) groups excluding carboxylic acids is 1. The predicted molar refractivity (Wildman–Crippen MR) is 106 cm³/mol. The van der Waals surface area contributed by atoms with Gasteiger partial charge in [0.05, 0.1) is 11.9 Å². The van der Waals surface area contributed by atoms with E-state index in [2.05, 4.69) is 25.5 Å². The van der Waals surface area contributed by atoms with E-state index in [4.69, 9.17) is 0 Å². The second kappa shape index (κ2) is 8.16. The first-order chi connectivity index (χ1) is 13.7. The van der Waals surface area contributed by atoms with Crippen LogP contribution in [-0.2, 0) is 17.9 Å². The highest BCUT2D eigenvalue weighted by Crippen LogP contribution is 2.18. The molecule has 0 radical (unpaired) electrons. The van der Waals surface area contributed by atoms with Crippen molar-refractivity contribution in [1.82, 2.24) is 25.3 Å². The number of carbonyl (C=O) groups is 1. The summed E-state index contributed by atoms with van der Waals surface area (Å²) in [5.74, 6) is 0.823. The summed E-state index contributed by atoms with van der Waals surface area (Å²) in [4.78, 5) is 31.3. The second-order valence-electron chi connectivity index (χ2n) is 6.88. The average molecular weight is 378 g/mol. The van der Waals surface area contributed by atoms with Crippen LogP contribution in [0.25, 0.3) is 10.9 Å². The van der Waals surface area contributed by atoms with Crippen molar-refractivity contribution >= 4 is 22.6 Å². The van der Waals surface area contributed by atoms with Gasteiger partial charge in [-0.1, -0.05) is 17.3 Å². The SMILES string of the molecule is O=C(CCn1nnc2ccccc2c1=O)NCc1ccnc(N2CCCC2)c1. The van der Waals surface area contributed by atoms with Crippen LogP contribution in [0.1, 0.15) is 24.8 Å². The maximum absolute atomic E-state index is 12.4. The van der Waals surface area contributed by atoms with Gasteiger partial charge in [-0.05, 0) is 42.7 Å². The minimum absolute atomic E-state index is 0.138. The number of hydrogen-bond acceptors (Lipinski definition) is 6. The standard InChI is InChI=1S/C20H22N6O2/c27-19(8-12-26-20(28)16-5-1-2-6-17(16)23-24-26)22-14-15-7-9-21-18(13-15)25-10-3-4-11-25/h1-2,5-7,9,13H,3-4,8,10-12,14H2,(H,22,27). The van der Waals surface area contributed by atoms with Crippen molar-refractivity contribution in [3.63, 3.8) is 0 Å². The molecule has 144 valence electrons. The molecule has 1 fully saturated rings. The smallest absolute Gasteiger partial charge is 0.277 e. The topological polar surface area (TPSA) is 93.0 Å². The van der Waals surface area contributed by atoms with Gasteiger partial charge in [-0.15, -0.1) is 5.10 Å². The zero-order valence-electron chi connectivity index (χ0n) is 15.5. The first-order valence-electron chi connectivity index (χ1n) is 9.50. The Labute approximate surface area is 162 Å². The number of nitrogens with one attached hydrogen (secondary N) is 1. The predicted octanol–water partition coefficient (Wildman–Crippen LogP) is 1.49. The molecule has 28 heavy (non-hydrogen) atoms. The molecule has 0 saturated carbocycles. The fourth-order valence-electron chi connectivity index (χ4n) is 3.36. The Morgan fingerprint density at radius 1 is 1.14 bits per heavy atom. The van der Waals surface area contributed by atoms with E-state index >= 15 is 0 Å². The van der Waals surface area contributed by atoms with Crippen molar-refractivity contribution < 1.29 is 4.79 Å². The summed E-state index contributed by atoms with van der Waals surface area (Å²) < 4.78 is 1.24. The maximum atomic E-state index is 12.4. The maximum Gasteiger partial charge on any atom is 0.277 e. The normalized spacial score (nSPS) is 13.8. The summed E-state index contributed by atoms with van der Waals surface area (Å²) in [7, 11) is 0. The van der Waals surface area contributed by atoms with Gasteiger partial charge >= 0.3 is 0 Å². The van der Waals surface area contributed by atoms with E-state index in [1.54, 1.807) is 24.4 Å².